The summed E-state index contributed by atoms with van der Waals surface area (Å²) in [6.07, 6.45) is 3.77. The Morgan fingerprint density at radius 1 is 1.24 bits per heavy atom. The second-order valence-corrected chi connectivity index (χ2v) is 26.4. The van der Waals surface area contributed by atoms with E-state index in [1.807, 2.05) is 0 Å². The second kappa shape index (κ2) is 7.04. The number of rotatable bonds is 5. The summed E-state index contributed by atoms with van der Waals surface area (Å²) in [5.74, 6) is 4.05. The maximum absolute atomic E-state index is 4.39. The molecule has 0 aliphatic carbocycles. The van der Waals surface area contributed by atoms with Crippen molar-refractivity contribution in [1.82, 2.24) is 0 Å². The first-order valence-corrected chi connectivity index (χ1v) is 20.3. The van der Waals surface area contributed by atoms with E-state index in [0.29, 0.717) is 5.92 Å². The molecular formula is C15H30SiSn. The monoisotopic (exact) mass is 358 g/mol. The molecule has 17 heavy (non-hydrogen) atoms. The Bertz CT molecular complexity index is 307. The number of unbranched alkanes of at least 4 members (excludes halogenated alkanes) is 1. The van der Waals surface area contributed by atoms with Crippen LogP contribution in [0.25, 0.3) is 0 Å². The summed E-state index contributed by atoms with van der Waals surface area (Å²) in [5, 5.41) is 0. The van der Waals surface area contributed by atoms with Crippen LogP contribution in [0.1, 0.15) is 26.2 Å². The van der Waals surface area contributed by atoms with Crippen LogP contribution < -0.4 is 0 Å². The third-order valence-corrected chi connectivity index (χ3v) is 10.2. The number of allylic oxidation sites excluding steroid dienone is 1. The summed E-state index contributed by atoms with van der Waals surface area (Å²) >= 11 is -1.98. The van der Waals surface area contributed by atoms with Crippen molar-refractivity contribution in [2.75, 3.05) is 0 Å². The fraction of sp³-hybridized carbons (Fsp3) is 0.733. The van der Waals surface area contributed by atoms with Gasteiger partial charge in [-0.1, -0.05) is 0 Å². The molecular weight excluding hydrogens is 327 g/mol. The molecule has 0 rings (SSSR count). The molecule has 0 saturated carbocycles. The third kappa shape index (κ3) is 8.10. The quantitative estimate of drug-likeness (QED) is 0.474. The molecule has 2 heteroatoms. The Labute approximate surface area is 114 Å². The standard InChI is InChI=1S/C12H21Si.3CH3.Sn/c1-6-8-9-12(7-2)10-11-13(3,4)5;;;;/h12H,2,6,8-9H2,1,3-5H3;3*1H3;. The van der Waals surface area contributed by atoms with Gasteiger partial charge < -0.3 is 0 Å². The van der Waals surface area contributed by atoms with Gasteiger partial charge in [0.05, 0.1) is 0 Å². The van der Waals surface area contributed by atoms with Crippen molar-refractivity contribution in [3.63, 3.8) is 0 Å². The van der Waals surface area contributed by atoms with Crippen molar-refractivity contribution in [2.24, 2.45) is 5.92 Å². The minimum absolute atomic E-state index is 0.484. The van der Waals surface area contributed by atoms with Crippen LogP contribution in [0.3, 0.4) is 0 Å². The normalized spacial score (nSPS) is 13.8. The van der Waals surface area contributed by atoms with Crippen LogP contribution in [0.5, 0.6) is 0 Å². The van der Waals surface area contributed by atoms with E-state index in [2.05, 4.69) is 59.4 Å². The van der Waals surface area contributed by atoms with Gasteiger partial charge in [0.15, 0.2) is 0 Å². The molecule has 1 atom stereocenters. The predicted molar refractivity (Wildman–Crippen MR) is 86.6 cm³/mol. The van der Waals surface area contributed by atoms with Crippen LogP contribution >= 0.6 is 0 Å². The van der Waals surface area contributed by atoms with Crippen LogP contribution in [0.4, 0.5) is 0 Å². The summed E-state index contributed by atoms with van der Waals surface area (Å²) in [5.41, 5.74) is 3.55. The molecule has 0 nitrogen and oxygen atoms in total. The molecule has 98 valence electrons. The first kappa shape index (κ1) is 17.3. The van der Waals surface area contributed by atoms with Gasteiger partial charge in [-0.05, 0) is 0 Å². The van der Waals surface area contributed by atoms with Crippen LogP contribution in [-0.2, 0) is 0 Å². The molecule has 0 bridgehead atoms. The van der Waals surface area contributed by atoms with Crippen LogP contribution in [-0.4, -0.2) is 26.5 Å². The molecule has 1 unspecified atom stereocenters. The molecule has 0 aromatic carbocycles. The molecule has 0 aliphatic rings. The minimum atomic E-state index is -1.98. The van der Waals surface area contributed by atoms with Gasteiger partial charge in [0.2, 0.25) is 0 Å². The van der Waals surface area contributed by atoms with Gasteiger partial charge >= 0.3 is 115 Å². The zero-order valence-corrected chi connectivity index (χ0v) is 16.8. The van der Waals surface area contributed by atoms with E-state index in [9.17, 15) is 0 Å². The molecule has 0 amide bonds. The van der Waals surface area contributed by atoms with Crippen molar-refractivity contribution in [1.29, 1.82) is 0 Å². The molecule has 0 N–H and O–H groups in total. The first-order valence-electron chi connectivity index (χ1n) is 6.80. The maximum atomic E-state index is 4.39. The Balaban J connectivity index is 4.88. The van der Waals surface area contributed by atoms with E-state index < -0.39 is 26.5 Å². The van der Waals surface area contributed by atoms with Crippen molar-refractivity contribution in [3.8, 4) is 11.5 Å². The Morgan fingerprint density at radius 3 is 2.12 bits per heavy atom. The molecule has 0 aromatic rings. The Hall–Kier alpha value is 0.316. The van der Waals surface area contributed by atoms with Crippen molar-refractivity contribution >= 4 is 26.5 Å². The van der Waals surface area contributed by atoms with Gasteiger partial charge in [-0.3, -0.25) is 0 Å². The van der Waals surface area contributed by atoms with E-state index in [4.69, 9.17) is 0 Å². The summed E-state index contributed by atoms with van der Waals surface area (Å²) in [4.78, 5) is 7.35. The van der Waals surface area contributed by atoms with Crippen molar-refractivity contribution < 1.29 is 0 Å². The summed E-state index contributed by atoms with van der Waals surface area (Å²) in [7, 11) is -1.24. The molecule has 0 heterocycles. The van der Waals surface area contributed by atoms with Gasteiger partial charge in [0.1, 0.15) is 0 Å². The Kier molecular flexibility index (Phi) is 7.17. The van der Waals surface area contributed by atoms with Gasteiger partial charge in [0.25, 0.3) is 0 Å². The molecule has 0 aromatic heterocycles. The van der Waals surface area contributed by atoms with Gasteiger partial charge in [0, 0.05) is 0 Å². The molecule has 0 saturated heterocycles. The third-order valence-electron chi connectivity index (χ3n) is 2.85. The van der Waals surface area contributed by atoms with Crippen molar-refractivity contribution in [2.45, 2.75) is 60.6 Å². The van der Waals surface area contributed by atoms with E-state index in [1.165, 1.54) is 22.9 Å². The van der Waals surface area contributed by atoms with E-state index >= 15 is 0 Å². The second-order valence-electron chi connectivity index (χ2n) is 6.99. The van der Waals surface area contributed by atoms with E-state index in [0.717, 1.165) is 0 Å². The molecule has 0 radical (unpaired) electrons. The van der Waals surface area contributed by atoms with Gasteiger partial charge in [-0.15, -0.1) is 0 Å². The predicted octanol–water partition coefficient (Wildman–Crippen LogP) is 5.11. The number of hydrogen-bond acceptors (Lipinski definition) is 0. The fourth-order valence-electron chi connectivity index (χ4n) is 1.57. The van der Waals surface area contributed by atoms with Gasteiger partial charge in [-0.25, -0.2) is 0 Å². The van der Waals surface area contributed by atoms with Crippen LogP contribution in [0.2, 0.25) is 34.5 Å². The summed E-state index contributed by atoms with van der Waals surface area (Å²) in [6, 6.07) is 0. The topological polar surface area (TPSA) is 0 Å². The van der Waals surface area contributed by atoms with Crippen molar-refractivity contribution in [3.05, 3.63) is 10.2 Å². The zero-order chi connectivity index (χ0) is 13.7. The summed E-state index contributed by atoms with van der Waals surface area (Å²) < 4.78 is 1.51. The Morgan fingerprint density at radius 2 is 1.76 bits per heavy atom. The molecule has 0 fully saturated rings. The fourth-order valence-corrected chi connectivity index (χ4v) is 5.78. The van der Waals surface area contributed by atoms with Crippen LogP contribution in [0, 0.1) is 17.4 Å². The van der Waals surface area contributed by atoms with E-state index in [1.54, 1.807) is 0 Å². The average Bonchev–Trinajstić information content (AvgIpc) is 2.14. The van der Waals surface area contributed by atoms with E-state index in [-0.39, 0.29) is 0 Å². The summed E-state index contributed by atoms with van der Waals surface area (Å²) in [6.45, 7) is 13.6. The van der Waals surface area contributed by atoms with Crippen LogP contribution in [0.15, 0.2) is 10.2 Å². The molecule has 0 aliphatic heterocycles. The first-order chi connectivity index (χ1) is 7.58. The average molecular weight is 357 g/mol. The number of hydrogen-bond donors (Lipinski definition) is 0. The SMILES string of the molecule is C=[C](C(C#C[Si](C)(C)C)CCCC)[Sn]([CH3])([CH3])[CH3]. The zero-order valence-electron chi connectivity index (χ0n) is 12.9. The molecule has 0 spiro atoms. The van der Waals surface area contributed by atoms with Gasteiger partial charge in [-0.2, -0.15) is 0 Å².